The van der Waals surface area contributed by atoms with Gasteiger partial charge in [-0.25, -0.2) is 4.68 Å². The lowest BCUT2D eigenvalue weighted by molar-refractivity contribution is -0.115. The van der Waals surface area contributed by atoms with E-state index in [2.05, 4.69) is 31.5 Å². The summed E-state index contributed by atoms with van der Waals surface area (Å²) in [6, 6.07) is 11.3. The lowest BCUT2D eigenvalue weighted by Crippen LogP contribution is -2.18. The largest absolute Gasteiger partial charge is 0.356 e. The van der Waals surface area contributed by atoms with Crippen LogP contribution in [0.5, 0.6) is 0 Å². The normalized spacial score (nSPS) is 11.1. The van der Waals surface area contributed by atoms with Gasteiger partial charge in [0.2, 0.25) is 5.91 Å². The SMILES string of the molecule is O=C(Cc1noc2ccccc12)Nc1ccnn1Cc1cc(Br)cs1. The number of aromatic nitrogens is 3. The minimum Gasteiger partial charge on any atom is -0.356 e. The van der Waals surface area contributed by atoms with Crippen LogP contribution in [0.1, 0.15) is 10.6 Å². The summed E-state index contributed by atoms with van der Waals surface area (Å²) < 4.78 is 8.05. The van der Waals surface area contributed by atoms with Crippen molar-refractivity contribution in [2.24, 2.45) is 0 Å². The molecule has 0 radical (unpaired) electrons. The van der Waals surface area contributed by atoms with Gasteiger partial charge in [0, 0.05) is 26.2 Å². The Bertz CT molecular complexity index is 1040. The number of nitrogens with zero attached hydrogens (tertiary/aromatic N) is 3. The topological polar surface area (TPSA) is 73.0 Å². The summed E-state index contributed by atoms with van der Waals surface area (Å²) in [6.45, 7) is 0.603. The molecule has 0 aliphatic carbocycles. The molecular weight excluding hydrogens is 404 g/mol. The lowest BCUT2D eigenvalue weighted by Gasteiger charge is -2.07. The average molecular weight is 417 g/mol. The van der Waals surface area contributed by atoms with Gasteiger partial charge in [-0.15, -0.1) is 11.3 Å². The highest BCUT2D eigenvalue weighted by atomic mass is 79.9. The first-order valence-corrected chi connectivity index (χ1v) is 9.24. The van der Waals surface area contributed by atoms with Gasteiger partial charge in [0.25, 0.3) is 0 Å². The van der Waals surface area contributed by atoms with Crippen LogP contribution in [0.4, 0.5) is 5.82 Å². The Morgan fingerprint density at radius 1 is 1.32 bits per heavy atom. The van der Waals surface area contributed by atoms with Crippen LogP contribution < -0.4 is 5.32 Å². The zero-order valence-corrected chi connectivity index (χ0v) is 15.4. The van der Waals surface area contributed by atoms with E-state index in [4.69, 9.17) is 4.52 Å². The first-order valence-electron chi connectivity index (χ1n) is 7.57. The molecule has 0 aliphatic heterocycles. The Labute approximate surface area is 155 Å². The third kappa shape index (κ3) is 3.49. The van der Waals surface area contributed by atoms with Crippen molar-refractivity contribution in [2.45, 2.75) is 13.0 Å². The van der Waals surface area contributed by atoms with Crippen LogP contribution in [0.15, 0.2) is 57.0 Å². The molecule has 1 amide bonds. The number of carbonyl (C=O) groups excluding carboxylic acids is 1. The predicted octanol–water partition coefficient (Wildman–Crippen LogP) is 4.08. The minimum atomic E-state index is -0.159. The van der Waals surface area contributed by atoms with Crippen LogP contribution in [0.25, 0.3) is 11.0 Å². The molecule has 1 N–H and O–H groups in total. The zero-order chi connectivity index (χ0) is 17.2. The van der Waals surface area contributed by atoms with E-state index in [1.54, 1.807) is 28.3 Å². The van der Waals surface area contributed by atoms with Gasteiger partial charge in [-0.3, -0.25) is 4.79 Å². The molecule has 4 aromatic rings. The Morgan fingerprint density at radius 3 is 3.04 bits per heavy atom. The first-order chi connectivity index (χ1) is 12.2. The summed E-state index contributed by atoms with van der Waals surface area (Å²) in [6.07, 6.45) is 1.82. The number of halogens is 1. The Morgan fingerprint density at radius 2 is 2.20 bits per heavy atom. The molecule has 126 valence electrons. The molecule has 0 saturated carbocycles. The maximum absolute atomic E-state index is 12.4. The fourth-order valence-corrected chi connectivity index (χ4v) is 3.99. The molecule has 0 atom stereocenters. The van der Waals surface area contributed by atoms with Crippen molar-refractivity contribution in [2.75, 3.05) is 5.32 Å². The van der Waals surface area contributed by atoms with Crippen LogP contribution in [0.2, 0.25) is 0 Å². The first kappa shape index (κ1) is 16.0. The summed E-state index contributed by atoms with van der Waals surface area (Å²) in [5, 5.41) is 14.0. The number of amides is 1. The highest BCUT2D eigenvalue weighted by molar-refractivity contribution is 9.10. The molecule has 3 aromatic heterocycles. The van der Waals surface area contributed by atoms with E-state index in [1.807, 2.05) is 35.7 Å². The van der Waals surface area contributed by atoms with E-state index in [-0.39, 0.29) is 12.3 Å². The summed E-state index contributed by atoms with van der Waals surface area (Å²) in [5.74, 6) is 0.496. The number of para-hydroxylation sites is 1. The fraction of sp³-hybridized carbons (Fsp3) is 0.118. The monoisotopic (exact) mass is 416 g/mol. The molecular formula is C17H13BrN4O2S. The number of hydrogen-bond donors (Lipinski definition) is 1. The van der Waals surface area contributed by atoms with Crippen molar-refractivity contribution < 1.29 is 9.32 Å². The number of hydrogen-bond acceptors (Lipinski definition) is 5. The number of benzene rings is 1. The van der Waals surface area contributed by atoms with E-state index in [9.17, 15) is 4.79 Å². The van der Waals surface area contributed by atoms with Crippen molar-refractivity contribution in [3.8, 4) is 0 Å². The van der Waals surface area contributed by atoms with Crippen LogP contribution in [0.3, 0.4) is 0 Å². The van der Waals surface area contributed by atoms with Crippen molar-refractivity contribution in [1.82, 2.24) is 14.9 Å². The summed E-state index contributed by atoms with van der Waals surface area (Å²) >= 11 is 5.08. The predicted molar refractivity (Wildman–Crippen MR) is 99.7 cm³/mol. The van der Waals surface area contributed by atoms with Gasteiger partial charge in [0.1, 0.15) is 11.5 Å². The van der Waals surface area contributed by atoms with Crippen molar-refractivity contribution >= 4 is 50.0 Å². The molecule has 0 saturated heterocycles. The quantitative estimate of drug-likeness (QED) is 0.531. The summed E-state index contributed by atoms with van der Waals surface area (Å²) in [7, 11) is 0. The average Bonchev–Trinajstić information content (AvgIpc) is 3.31. The van der Waals surface area contributed by atoms with Crippen molar-refractivity contribution in [3.63, 3.8) is 0 Å². The van der Waals surface area contributed by atoms with E-state index >= 15 is 0 Å². The second kappa shape index (κ2) is 6.81. The maximum Gasteiger partial charge on any atom is 0.231 e. The Kier molecular flexibility index (Phi) is 4.37. The third-order valence-corrected chi connectivity index (χ3v) is 5.37. The van der Waals surface area contributed by atoms with Gasteiger partial charge in [0.15, 0.2) is 5.58 Å². The van der Waals surface area contributed by atoms with Crippen LogP contribution >= 0.6 is 27.3 Å². The van der Waals surface area contributed by atoms with E-state index in [1.165, 1.54) is 0 Å². The third-order valence-electron chi connectivity index (χ3n) is 3.69. The highest BCUT2D eigenvalue weighted by Gasteiger charge is 2.14. The second-order valence-corrected chi connectivity index (χ2v) is 7.37. The molecule has 0 fully saturated rings. The van der Waals surface area contributed by atoms with Gasteiger partial charge in [-0.05, 0) is 34.1 Å². The molecule has 0 aliphatic rings. The van der Waals surface area contributed by atoms with Gasteiger partial charge in [-0.2, -0.15) is 5.10 Å². The fourth-order valence-electron chi connectivity index (χ4n) is 2.55. The van der Waals surface area contributed by atoms with Gasteiger partial charge >= 0.3 is 0 Å². The smallest absolute Gasteiger partial charge is 0.231 e. The van der Waals surface area contributed by atoms with E-state index in [0.717, 1.165) is 14.7 Å². The summed E-state index contributed by atoms with van der Waals surface area (Å²) in [4.78, 5) is 13.5. The number of rotatable bonds is 5. The number of anilines is 1. The van der Waals surface area contributed by atoms with Crippen LogP contribution in [0, 0.1) is 0 Å². The Hall–Kier alpha value is -2.45. The van der Waals surface area contributed by atoms with Crippen molar-refractivity contribution in [1.29, 1.82) is 0 Å². The molecule has 0 unspecified atom stereocenters. The van der Waals surface area contributed by atoms with E-state index < -0.39 is 0 Å². The van der Waals surface area contributed by atoms with Gasteiger partial charge in [-0.1, -0.05) is 17.3 Å². The molecule has 0 bridgehead atoms. The van der Waals surface area contributed by atoms with Gasteiger partial charge < -0.3 is 9.84 Å². The minimum absolute atomic E-state index is 0.146. The molecule has 1 aromatic carbocycles. The zero-order valence-electron chi connectivity index (χ0n) is 13.0. The highest BCUT2D eigenvalue weighted by Crippen LogP contribution is 2.22. The second-order valence-electron chi connectivity index (χ2n) is 5.46. The molecule has 3 heterocycles. The molecule has 0 spiro atoms. The molecule has 6 nitrogen and oxygen atoms in total. The van der Waals surface area contributed by atoms with Gasteiger partial charge in [0.05, 0.1) is 19.2 Å². The van der Waals surface area contributed by atoms with Crippen LogP contribution in [-0.2, 0) is 17.8 Å². The molecule has 4 rings (SSSR count). The number of nitrogens with one attached hydrogen (secondary N) is 1. The standard InChI is InChI=1S/C17H13BrN4O2S/c18-11-7-12(25-10-11)9-22-16(5-6-19-22)20-17(23)8-14-13-3-1-2-4-15(13)24-21-14/h1-7,10H,8-9H2,(H,20,23). The van der Waals surface area contributed by atoms with Crippen LogP contribution in [-0.4, -0.2) is 20.8 Å². The lowest BCUT2D eigenvalue weighted by atomic mass is 10.1. The number of thiophene rings is 1. The maximum atomic E-state index is 12.4. The van der Waals surface area contributed by atoms with Crippen molar-refractivity contribution in [3.05, 3.63) is 63.0 Å². The molecule has 25 heavy (non-hydrogen) atoms. The number of fused-ring (bicyclic) bond motifs is 1. The number of carbonyl (C=O) groups is 1. The molecule has 8 heteroatoms. The van der Waals surface area contributed by atoms with E-state index in [0.29, 0.717) is 23.6 Å². The Balaban J connectivity index is 1.47. The summed E-state index contributed by atoms with van der Waals surface area (Å²) in [5.41, 5.74) is 1.31.